The van der Waals surface area contributed by atoms with Gasteiger partial charge in [0.2, 0.25) is 10.0 Å². The number of sulfonamides is 1. The van der Waals surface area contributed by atoms with Gasteiger partial charge in [-0.1, -0.05) is 13.0 Å². The van der Waals surface area contributed by atoms with Crippen LogP contribution in [0.1, 0.15) is 29.3 Å². The number of anilines is 1. The molecular weight excluding hydrogens is 254 g/mol. The maximum Gasteiger partial charge on any atom is 0.337 e. The van der Waals surface area contributed by atoms with Gasteiger partial charge in [-0.05, 0) is 31.0 Å². The fourth-order valence-electron chi connectivity index (χ4n) is 1.46. The number of methoxy groups -OCH3 is 1. The van der Waals surface area contributed by atoms with Crippen molar-refractivity contribution in [1.29, 1.82) is 0 Å². The number of esters is 1. The molecule has 1 N–H and O–H groups in total. The molecular formula is C12H17NO4S. The second kappa shape index (κ2) is 5.86. The average Bonchev–Trinajstić information content (AvgIpc) is 2.30. The van der Waals surface area contributed by atoms with E-state index < -0.39 is 16.0 Å². The minimum absolute atomic E-state index is 0.0505. The molecule has 0 heterocycles. The third kappa shape index (κ3) is 3.73. The summed E-state index contributed by atoms with van der Waals surface area (Å²) in [5.74, 6) is -0.444. The maximum atomic E-state index is 11.7. The Bertz CT molecular complexity index is 537. The van der Waals surface area contributed by atoms with Gasteiger partial charge in [-0.25, -0.2) is 13.2 Å². The van der Waals surface area contributed by atoms with E-state index in [0.717, 1.165) is 5.56 Å². The van der Waals surface area contributed by atoms with Crippen LogP contribution < -0.4 is 4.72 Å². The summed E-state index contributed by atoms with van der Waals surface area (Å²) < 4.78 is 30.4. The normalized spacial score (nSPS) is 11.1. The number of benzene rings is 1. The zero-order valence-corrected chi connectivity index (χ0v) is 11.5. The van der Waals surface area contributed by atoms with Gasteiger partial charge in [-0.3, -0.25) is 4.72 Å². The monoisotopic (exact) mass is 271 g/mol. The first-order valence-corrected chi connectivity index (χ1v) is 7.24. The van der Waals surface area contributed by atoms with E-state index in [0.29, 0.717) is 17.7 Å². The van der Waals surface area contributed by atoms with Crippen LogP contribution in [0.4, 0.5) is 5.69 Å². The molecule has 1 rings (SSSR count). The first kappa shape index (κ1) is 14.5. The Hall–Kier alpha value is -1.56. The van der Waals surface area contributed by atoms with Crippen molar-refractivity contribution in [2.24, 2.45) is 0 Å². The van der Waals surface area contributed by atoms with Crippen LogP contribution in [0, 0.1) is 6.92 Å². The van der Waals surface area contributed by atoms with Crippen molar-refractivity contribution in [3.05, 3.63) is 29.3 Å². The van der Waals surface area contributed by atoms with E-state index in [4.69, 9.17) is 0 Å². The summed E-state index contributed by atoms with van der Waals surface area (Å²) in [6.45, 7) is 3.56. The number of rotatable bonds is 5. The highest BCUT2D eigenvalue weighted by Gasteiger charge is 2.13. The highest BCUT2D eigenvalue weighted by atomic mass is 32.2. The predicted molar refractivity (Wildman–Crippen MR) is 70.2 cm³/mol. The van der Waals surface area contributed by atoms with Gasteiger partial charge in [0.05, 0.1) is 24.1 Å². The van der Waals surface area contributed by atoms with E-state index in [1.165, 1.54) is 13.2 Å². The highest BCUT2D eigenvalue weighted by molar-refractivity contribution is 7.92. The minimum atomic E-state index is -3.36. The molecule has 0 saturated heterocycles. The molecule has 5 nitrogen and oxygen atoms in total. The van der Waals surface area contributed by atoms with Crippen LogP contribution in [0.25, 0.3) is 0 Å². The summed E-state index contributed by atoms with van der Waals surface area (Å²) in [6.07, 6.45) is 0.533. The average molecular weight is 271 g/mol. The Kier molecular flexibility index (Phi) is 4.72. The van der Waals surface area contributed by atoms with Gasteiger partial charge >= 0.3 is 5.97 Å². The molecule has 18 heavy (non-hydrogen) atoms. The number of ether oxygens (including phenoxy) is 1. The molecule has 0 aromatic heterocycles. The molecule has 0 aliphatic carbocycles. The standard InChI is InChI=1S/C12H17NO4S/c1-4-7-18(15,16)13-11-8-10(12(14)17-3)6-5-9(11)2/h5-6,8,13H,4,7H2,1-3H3. The smallest absolute Gasteiger partial charge is 0.337 e. The summed E-state index contributed by atoms with van der Waals surface area (Å²) in [5.41, 5.74) is 1.48. The van der Waals surface area contributed by atoms with Crippen molar-refractivity contribution in [3.63, 3.8) is 0 Å². The SMILES string of the molecule is CCCS(=O)(=O)Nc1cc(C(=O)OC)ccc1C. The molecule has 0 amide bonds. The molecule has 0 saturated carbocycles. The molecule has 0 bridgehead atoms. The number of carbonyl (C=O) groups excluding carboxylic acids is 1. The van der Waals surface area contributed by atoms with Gasteiger partial charge in [-0.2, -0.15) is 0 Å². The molecule has 0 aliphatic rings. The Morgan fingerprint density at radius 1 is 1.39 bits per heavy atom. The van der Waals surface area contributed by atoms with Crippen LogP contribution in [0.5, 0.6) is 0 Å². The summed E-state index contributed by atoms with van der Waals surface area (Å²) in [6, 6.07) is 4.75. The van der Waals surface area contributed by atoms with Crippen molar-refractivity contribution in [1.82, 2.24) is 0 Å². The van der Waals surface area contributed by atoms with Gasteiger partial charge in [0.1, 0.15) is 0 Å². The van der Waals surface area contributed by atoms with Crippen LogP contribution in [0.2, 0.25) is 0 Å². The van der Waals surface area contributed by atoms with E-state index >= 15 is 0 Å². The van der Waals surface area contributed by atoms with Crippen LogP contribution in [-0.2, 0) is 14.8 Å². The van der Waals surface area contributed by atoms with Gasteiger partial charge in [0, 0.05) is 0 Å². The van der Waals surface area contributed by atoms with Crippen molar-refractivity contribution in [2.75, 3.05) is 17.6 Å². The Morgan fingerprint density at radius 2 is 2.06 bits per heavy atom. The van der Waals surface area contributed by atoms with Crippen LogP contribution in [0.3, 0.4) is 0 Å². The van der Waals surface area contributed by atoms with E-state index in [1.54, 1.807) is 26.0 Å². The minimum Gasteiger partial charge on any atom is -0.465 e. The molecule has 0 spiro atoms. The first-order valence-electron chi connectivity index (χ1n) is 5.59. The number of aryl methyl sites for hydroxylation is 1. The molecule has 0 unspecified atom stereocenters. The zero-order chi connectivity index (χ0) is 13.8. The number of hydrogen-bond acceptors (Lipinski definition) is 4. The van der Waals surface area contributed by atoms with Crippen LogP contribution in [0.15, 0.2) is 18.2 Å². The second-order valence-corrected chi connectivity index (χ2v) is 5.78. The van der Waals surface area contributed by atoms with Crippen LogP contribution in [-0.4, -0.2) is 27.2 Å². The van der Waals surface area contributed by atoms with Crippen molar-refractivity contribution >= 4 is 21.7 Å². The molecule has 0 fully saturated rings. The second-order valence-electron chi connectivity index (χ2n) is 3.94. The summed E-state index contributed by atoms with van der Waals surface area (Å²) >= 11 is 0. The Labute approximate surface area is 107 Å². The maximum absolute atomic E-state index is 11.7. The Morgan fingerprint density at radius 3 is 2.61 bits per heavy atom. The predicted octanol–water partition coefficient (Wildman–Crippen LogP) is 1.93. The topological polar surface area (TPSA) is 72.5 Å². The molecule has 0 radical (unpaired) electrons. The van der Waals surface area contributed by atoms with E-state index in [9.17, 15) is 13.2 Å². The summed E-state index contributed by atoms with van der Waals surface area (Å²) in [5, 5.41) is 0. The molecule has 1 aromatic carbocycles. The molecule has 1 aromatic rings. The van der Waals surface area contributed by atoms with Gasteiger partial charge < -0.3 is 4.74 Å². The van der Waals surface area contributed by atoms with E-state index in [2.05, 4.69) is 9.46 Å². The quantitative estimate of drug-likeness (QED) is 0.831. The lowest BCUT2D eigenvalue weighted by Crippen LogP contribution is -2.17. The number of carbonyl (C=O) groups is 1. The van der Waals surface area contributed by atoms with Crippen molar-refractivity contribution < 1.29 is 17.9 Å². The first-order chi connectivity index (χ1) is 8.39. The molecule has 100 valence electrons. The largest absolute Gasteiger partial charge is 0.465 e. The van der Waals surface area contributed by atoms with E-state index in [-0.39, 0.29) is 5.75 Å². The third-order valence-electron chi connectivity index (χ3n) is 2.40. The zero-order valence-electron chi connectivity index (χ0n) is 10.7. The lowest BCUT2D eigenvalue weighted by Gasteiger charge is -2.11. The van der Waals surface area contributed by atoms with Crippen LogP contribution >= 0.6 is 0 Å². The highest BCUT2D eigenvalue weighted by Crippen LogP contribution is 2.19. The fourth-order valence-corrected chi connectivity index (χ4v) is 2.66. The Balaban J connectivity index is 3.05. The van der Waals surface area contributed by atoms with E-state index in [1.807, 2.05) is 0 Å². The molecule has 0 aliphatic heterocycles. The van der Waals surface area contributed by atoms with Crippen molar-refractivity contribution in [2.45, 2.75) is 20.3 Å². The number of nitrogens with one attached hydrogen (secondary N) is 1. The van der Waals surface area contributed by atoms with Gasteiger partial charge in [-0.15, -0.1) is 0 Å². The van der Waals surface area contributed by atoms with Gasteiger partial charge in [0.15, 0.2) is 0 Å². The summed E-state index contributed by atoms with van der Waals surface area (Å²) in [7, 11) is -2.08. The van der Waals surface area contributed by atoms with Crippen molar-refractivity contribution in [3.8, 4) is 0 Å². The van der Waals surface area contributed by atoms with Gasteiger partial charge in [0.25, 0.3) is 0 Å². The molecule has 6 heteroatoms. The lowest BCUT2D eigenvalue weighted by atomic mass is 10.1. The number of hydrogen-bond donors (Lipinski definition) is 1. The lowest BCUT2D eigenvalue weighted by molar-refractivity contribution is 0.0601. The summed E-state index contributed by atoms with van der Waals surface area (Å²) in [4.78, 5) is 11.4. The fraction of sp³-hybridized carbons (Fsp3) is 0.417. The molecule has 0 atom stereocenters. The third-order valence-corrected chi connectivity index (χ3v) is 3.87.